The van der Waals surface area contributed by atoms with Gasteiger partial charge in [-0.1, -0.05) is 0 Å². The van der Waals surface area contributed by atoms with Gasteiger partial charge in [-0.15, -0.1) is 0 Å². The molecule has 0 saturated carbocycles. The molecule has 116 valence electrons. The summed E-state index contributed by atoms with van der Waals surface area (Å²) in [6.45, 7) is 2.39. The Kier molecular flexibility index (Phi) is 6.41. The van der Waals surface area contributed by atoms with E-state index in [0.29, 0.717) is 19.4 Å². The first-order chi connectivity index (χ1) is 9.40. The molecule has 8 heteroatoms. The number of nitrogens with zero attached hydrogens (tertiary/aromatic N) is 1. The molecule has 0 radical (unpaired) electrons. The Balaban J connectivity index is 2.58. The molecule has 1 aliphatic heterocycles. The SMILES string of the molecule is CCOC(=O)CCS(=O)(=O)N1CCCC(C(=O)OC)C1. The molecule has 1 heterocycles. The number of esters is 2. The van der Waals surface area contributed by atoms with Crippen LogP contribution in [0.4, 0.5) is 0 Å². The van der Waals surface area contributed by atoms with Gasteiger partial charge in [0.15, 0.2) is 0 Å². The van der Waals surface area contributed by atoms with Crippen LogP contribution in [0.15, 0.2) is 0 Å². The van der Waals surface area contributed by atoms with Crippen LogP contribution in [-0.4, -0.2) is 57.2 Å². The third-order valence-electron chi connectivity index (χ3n) is 3.18. The molecule has 0 bridgehead atoms. The van der Waals surface area contributed by atoms with E-state index in [4.69, 9.17) is 4.74 Å². The molecule has 20 heavy (non-hydrogen) atoms. The molecule has 0 spiro atoms. The van der Waals surface area contributed by atoms with Gasteiger partial charge in [0.2, 0.25) is 10.0 Å². The van der Waals surface area contributed by atoms with Gasteiger partial charge in [0.25, 0.3) is 0 Å². The average Bonchev–Trinajstić information content (AvgIpc) is 2.45. The number of carbonyl (C=O) groups is 2. The van der Waals surface area contributed by atoms with Crippen molar-refractivity contribution in [2.75, 3.05) is 32.6 Å². The topological polar surface area (TPSA) is 90.0 Å². The summed E-state index contributed by atoms with van der Waals surface area (Å²) in [6.07, 6.45) is 1.06. The second kappa shape index (κ2) is 7.58. The fraction of sp³-hybridized carbons (Fsp3) is 0.833. The Hall–Kier alpha value is -1.15. The maximum atomic E-state index is 12.1. The largest absolute Gasteiger partial charge is 0.469 e. The number of sulfonamides is 1. The van der Waals surface area contributed by atoms with Crippen LogP contribution in [0.5, 0.6) is 0 Å². The first kappa shape index (κ1) is 16.9. The minimum Gasteiger partial charge on any atom is -0.469 e. The molecule has 0 aromatic carbocycles. The highest BCUT2D eigenvalue weighted by Gasteiger charge is 2.32. The summed E-state index contributed by atoms with van der Waals surface area (Å²) in [5, 5.41) is 0. The summed E-state index contributed by atoms with van der Waals surface area (Å²) in [5.74, 6) is -1.64. The number of hydrogen-bond donors (Lipinski definition) is 0. The van der Waals surface area contributed by atoms with Gasteiger partial charge in [-0.2, -0.15) is 0 Å². The molecule has 0 amide bonds. The van der Waals surface area contributed by atoms with Gasteiger partial charge in [-0.25, -0.2) is 12.7 Å². The predicted octanol–water partition coefficient (Wildman–Crippen LogP) is 0.154. The highest BCUT2D eigenvalue weighted by atomic mass is 32.2. The van der Waals surface area contributed by atoms with Crippen LogP contribution in [0.25, 0.3) is 0 Å². The zero-order valence-corrected chi connectivity index (χ0v) is 12.6. The van der Waals surface area contributed by atoms with E-state index in [1.54, 1.807) is 6.92 Å². The van der Waals surface area contributed by atoms with Gasteiger partial charge in [0, 0.05) is 13.1 Å². The lowest BCUT2D eigenvalue weighted by Gasteiger charge is -2.30. The maximum Gasteiger partial charge on any atom is 0.309 e. The van der Waals surface area contributed by atoms with Crippen molar-refractivity contribution in [1.82, 2.24) is 4.31 Å². The molecule has 0 aromatic heterocycles. The summed E-state index contributed by atoms with van der Waals surface area (Å²) in [7, 11) is -2.26. The molecule has 1 unspecified atom stereocenters. The van der Waals surface area contributed by atoms with Crippen molar-refractivity contribution < 1.29 is 27.5 Å². The highest BCUT2D eigenvalue weighted by molar-refractivity contribution is 7.89. The van der Waals surface area contributed by atoms with Gasteiger partial charge >= 0.3 is 11.9 Å². The third-order valence-corrected chi connectivity index (χ3v) is 5.02. The number of piperidine rings is 1. The van der Waals surface area contributed by atoms with E-state index in [-0.39, 0.29) is 25.3 Å². The van der Waals surface area contributed by atoms with Gasteiger partial charge in [0.05, 0.1) is 31.8 Å². The van der Waals surface area contributed by atoms with Crippen LogP contribution < -0.4 is 0 Å². The number of hydrogen-bond acceptors (Lipinski definition) is 6. The van der Waals surface area contributed by atoms with Crippen molar-refractivity contribution >= 4 is 22.0 Å². The average molecular weight is 307 g/mol. The zero-order valence-electron chi connectivity index (χ0n) is 11.8. The second-order valence-electron chi connectivity index (χ2n) is 4.59. The Morgan fingerprint density at radius 2 is 2.05 bits per heavy atom. The van der Waals surface area contributed by atoms with Crippen LogP contribution in [-0.2, 0) is 29.1 Å². The lowest BCUT2D eigenvalue weighted by Crippen LogP contribution is -2.43. The quantitative estimate of drug-likeness (QED) is 0.649. The molecular weight excluding hydrogens is 286 g/mol. The van der Waals surface area contributed by atoms with E-state index >= 15 is 0 Å². The van der Waals surface area contributed by atoms with E-state index in [9.17, 15) is 18.0 Å². The lowest BCUT2D eigenvalue weighted by atomic mass is 10.0. The van der Waals surface area contributed by atoms with Crippen molar-refractivity contribution in [3.05, 3.63) is 0 Å². The Morgan fingerprint density at radius 3 is 2.65 bits per heavy atom. The Morgan fingerprint density at radius 1 is 1.35 bits per heavy atom. The minimum atomic E-state index is -3.55. The van der Waals surface area contributed by atoms with Crippen molar-refractivity contribution in [1.29, 1.82) is 0 Å². The van der Waals surface area contributed by atoms with Gasteiger partial charge in [-0.3, -0.25) is 9.59 Å². The molecule has 0 aliphatic carbocycles. The molecule has 1 atom stereocenters. The first-order valence-corrected chi connectivity index (χ1v) is 8.23. The third kappa shape index (κ3) is 4.75. The summed E-state index contributed by atoms with van der Waals surface area (Å²) >= 11 is 0. The molecule has 1 fully saturated rings. The number of rotatable bonds is 6. The molecule has 1 saturated heterocycles. The number of carbonyl (C=O) groups excluding carboxylic acids is 2. The molecule has 7 nitrogen and oxygen atoms in total. The molecular formula is C12H21NO6S. The molecule has 1 aliphatic rings. The lowest BCUT2D eigenvalue weighted by molar-refractivity contribution is -0.146. The van der Waals surface area contributed by atoms with E-state index in [2.05, 4.69) is 4.74 Å². The number of methoxy groups -OCH3 is 1. The standard InChI is InChI=1S/C12H21NO6S/c1-3-19-11(14)6-8-20(16,17)13-7-4-5-10(9-13)12(15)18-2/h10H,3-9H2,1-2H3. The van der Waals surface area contributed by atoms with Gasteiger partial charge < -0.3 is 9.47 Å². The monoisotopic (exact) mass is 307 g/mol. The van der Waals surface area contributed by atoms with E-state index in [0.717, 1.165) is 0 Å². The van der Waals surface area contributed by atoms with Crippen molar-refractivity contribution in [2.45, 2.75) is 26.2 Å². The molecule has 0 aromatic rings. The van der Waals surface area contributed by atoms with Crippen LogP contribution in [0.1, 0.15) is 26.2 Å². The summed E-state index contributed by atoms with van der Waals surface area (Å²) in [4.78, 5) is 22.7. The zero-order chi connectivity index (χ0) is 15.2. The molecule has 1 rings (SSSR count). The van der Waals surface area contributed by atoms with Crippen molar-refractivity contribution in [3.63, 3.8) is 0 Å². The van der Waals surface area contributed by atoms with E-state index in [1.165, 1.54) is 11.4 Å². The smallest absolute Gasteiger partial charge is 0.309 e. The highest BCUT2D eigenvalue weighted by Crippen LogP contribution is 2.20. The Labute approximate surface area is 119 Å². The van der Waals surface area contributed by atoms with Crippen LogP contribution in [0, 0.1) is 5.92 Å². The first-order valence-electron chi connectivity index (χ1n) is 6.62. The van der Waals surface area contributed by atoms with Crippen molar-refractivity contribution in [3.8, 4) is 0 Å². The fourth-order valence-electron chi connectivity index (χ4n) is 2.13. The predicted molar refractivity (Wildman–Crippen MR) is 71.3 cm³/mol. The molecule has 0 N–H and O–H groups in total. The number of ether oxygens (including phenoxy) is 2. The normalized spacial score (nSPS) is 20.4. The van der Waals surface area contributed by atoms with E-state index in [1.807, 2.05) is 0 Å². The van der Waals surface area contributed by atoms with Gasteiger partial charge in [0.1, 0.15) is 0 Å². The summed E-state index contributed by atoms with van der Waals surface area (Å²) in [5.41, 5.74) is 0. The second-order valence-corrected chi connectivity index (χ2v) is 6.68. The van der Waals surface area contributed by atoms with Crippen LogP contribution in [0.2, 0.25) is 0 Å². The van der Waals surface area contributed by atoms with Crippen LogP contribution in [0.3, 0.4) is 0 Å². The fourth-order valence-corrected chi connectivity index (χ4v) is 3.63. The maximum absolute atomic E-state index is 12.1. The summed E-state index contributed by atoms with van der Waals surface area (Å²) in [6, 6.07) is 0. The summed E-state index contributed by atoms with van der Waals surface area (Å²) < 4.78 is 34.8. The Bertz CT molecular complexity index is 447. The minimum absolute atomic E-state index is 0.123. The van der Waals surface area contributed by atoms with E-state index < -0.39 is 27.9 Å². The van der Waals surface area contributed by atoms with Crippen molar-refractivity contribution in [2.24, 2.45) is 5.92 Å². The van der Waals surface area contributed by atoms with Crippen LogP contribution >= 0.6 is 0 Å². The van der Waals surface area contributed by atoms with Gasteiger partial charge in [-0.05, 0) is 19.8 Å².